The first-order valence-electron chi connectivity index (χ1n) is 12.8. The van der Waals surface area contributed by atoms with Crippen molar-refractivity contribution in [2.75, 3.05) is 44.2 Å². The number of pyridine rings is 1. The number of alkyl halides is 2. The number of fused-ring (bicyclic) bond motifs is 1. The summed E-state index contributed by atoms with van der Waals surface area (Å²) in [6.07, 6.45) is 1.74. The topological polar surface area (TPSA) is 98.8 Å². The van der Waals surface area contributed by atoms with E-state index in [0.29, 0.717) is 48.6 Å². The number of ether oxygens (including phenoxy) is 1. The van der Waals surface area contributed by atoms with E-state index in [1.165, 1.54) is 16.4 Å². The molecule has 38 heavy (non-hydrogen) atoms. The molecule has 1 amide bonds. The Kier molecular flexibility index (Phi) is 6.15. The van der Waals surface area contributed by atoms with E-state index in [0.717, 1.165) is 5.52 Å². The molecule has 3 aromatic rings. The number of hydrogen-bond acceptors (Lipinski definition) is 6. The fraction of sp³-hybridized carbons (Fsp3) is 0.462. The van der Waals surface area contributed by atoms with Gasteiger partial charge < -0.3 is 19.5 Å². The lowest BCUT2D eigenvalue weighted by molar-refractivity contribution is -0.145. The molecule has 9 nitrogen and oxygen atoms in total. The highest BCUT2D eigenvalue weighted by Crippen LogP contribution is 2.40. The smallest absolute Gasteiger partial charge is 0.266 e. The molecule has 2 atom stereocenters. The summed E-state index contributed by atoms with van der Waals surface area (Å²) in [5.74, 6) is -3.03. The van der Waals surface area contributed by atoms with Gasteiger partial charge in [0.05, 0.1) is 40.9 Å². The zero-order valence-electron chi connectivity index (χ0n) is 20.9. The summed E-state index contributed by atoms with van der Waals surface area (Å²) in [7, 11) is -4.01. The molecule has 5 heterocycles. The highest BCUT2D eigenvalue weighted by Gasteiger charge is 2.45. The molecule has 0 unspecified atom stereocenters. The number of carbonyl (C=O) groups excluding carboxylic acids is 1. The molecule has 3 aliphatic heterocycles. The molecule has 12 heteroatoms. The number of aromatic amines is 1. The summed E-state index contributed by atoms with van der Waals surface area (Å²) in [6.45, 7) is 3.12. The van der Waals surface area contributed by atoms with Crippen LogP contribution in [0, 0.1) is 0 Å². The molecular formula is C26H29F2N5O4S. The molecular weight excluding hydrogens is 516 g/mol. The third-order valence-electron chi connectivity index (χ3n) is 7.57. The lowest BCUT2D eigenvalue weighted by Crippen LogP contribution is -2.60. The molecule has 0 aliphatic carbocycles. The van der Waals surface area contributed by atoms with Gasteiger partial charge in [-0.25, -0.2) is 17.2 Å². The number of sulfonamides is 1. The fourth-order valence-corrected chi connectivity index (χ4v) is 7.13. The van der Waals surface area contributed by atoms with Crippen molar-refractivity contribution in [3.63, 3.8) is 0 Å². The van der Waals surface area contributed by atoms with E-state index < -0.39 is 28.5 Å². The number of halogens is 2. The number of morpholine rings is 1. The summed E-state index contributed by atoms with van der Waals surface area (Å²) >= 11 is 0. The number of carbonyl (C=O) groups is 1. The monoisotopic (exact) mass is 545 g/mol. The van der Waals surface area contributed by atoms with Crippen LogP contribution in [0.4, 0.5) is 14.5 Å². The maximum atomic E-state index is 14.1. The lowest BCUT2D eigenvalue weighted by Gasteiger charge is -2.42. The summed E-state index contributed by atoms with van der Waals surface area (Å²) in [5, 5.41) is 0. The Morgan fingerprint density at radius 1 is 1.18 bits per heavy atom. The van der Waals surface area contributed by atoms with Gasteiger partial charge >= 0.3 is 0 Å². The first-order valence-corrected chi connectivity index (χ1v) is 14.2. The van der Waals surface area contributed by atoms with Gasteiger partial charge in [-0.05, 0) is 49.7 Å². The number of hydrogen-bond donors (Lipinski definition) is 1. The molecule has 3 aliphatic rings. The minimum Gasteiger partial charge on any atom is -0.375 e. The Bertz CT molecular complexity index is 1460. The molecule has 1 N–H and O–H groups in total. The number of nitrogens with one attached hydrogen (secondary N) is 1. The molecule has 2 aromatic heterocycles. The summed E-state index contributed by atoms with van der Waals surface area (Å²) in [4.78, 5) is 24.0. The normalized spacial score (nSPS) is 24.1. The lowest BCUT2D eigenvalue weighted by atomic mass is 10.1. The predicted molar refractivity (Wildman–Crippen MR) is 138 cm³/mol. The van der Waals surface area contributed by atoms with Gasteiger partial charge in [0.2, 0.25) is 15.9 Å². The maximum Gasteiger partial charge on any atom is 0.266 e. The minimum atomic E-state index is -4.01. The molecule has 202 valence electrons. The van der Waals surface area contributed by atoms with E-state index in [1.807, 2.05) is 13.0 Å². The Morgan fingerprint density at radius 2 is 2.03 bits per heavy atom. The Balaban J connectivity index is 1.35. The largest absolute Gasteiger partial charge is 0.375 e. The average Bonchev–Trinajstić information content (AvgIpc) is 3.45. The van der Waals surface area contributed by atoms with Gasteiger partial charge in [-0.1, -0.05) is 0 Å². The molecule has 0 bridgehead atoms. The standard InChI is InChI=1S/C26H29F2N5O4S/c1-17-15-31(11-12-37-17)25(34)24-6-9-33(24)38(35,36)18-4-5-23(32-10-7-26(27,28)16-32)19(13-18)21-14-22-20(30-21)3-2-8-29-22/h2-5,8,13-14,17,24,30H,6-7,9-12,15-16H2,1H3/t17-,24+/m1/s1. The number of nitrogens with zero attached hydrogens (tertiary/aromatic N) is 4. The van der Waals surface area contributed by atoms with Crippen LogP contribution in [-0.4, -0.2) is 90.9 Å². The van der Waals surface area contributed by atoms with Crippen LogP contribution in [0.25, 0.3) is 22.3 Å². The number of H-pyrrole nitrogens is 1. The molecule has 0 saturated carbocycles. The molecule has 3 saturated heterocycles. The van der Waals surface area contributed by atoms with Crippen molar-refractivity contribution < 1.29 is 26.7 Å². The molecule has 3 fully saturated rings. The second-order valence-electron chi connectivity index (χ2n) is 10.2. The quantitative estimate of drug-likeness (QED) is 0.529. The van der Waals surface area contributed by atoms with Gasteiger partial charge in [0.15, 0.2) is 0 Å². The number of benzene rings is 1. The van der Waals surface area contributed by atoms with E-state index in [2.05, 4.69) is 9.97 Å². The van der Waals surface area contributed by atoms with Crippen molar-refractivity contribution in [1.29, 1.82) is 0 Å². The van der Waals surface area contributed by atoms with E-state index in [-0.39, 0.29) is 36.4 Å². The van der Waals surface area contributed by atoms with E-state index >= 15 is 0 Å². The third-order valence-corrected chi connectivity index (χ3v) is 9.48. The SMILES string of the molecule is C[C@@H]1CN(C(=O)[C@@H]2CCN2S(=O)(=O)c2ccc(N3CCC(F)(F)C3)c(-c3cc4ncccc4[nH]3)c2)CCO1. The number of rotatable bonds is 5. The van der Waals surface area contributed by atoms with Gasteiger partial charge in [0, 0.05) is 50.0 Å². The van der Waals surface area contributed by atoms with E-state index in [4.69, 9.17) is 4.74 Å². The average molecular weight is 546 g/mol. The molecule has 0 spiro atoms. The van der Waals surface area contributed by atoms with Crippen LogP contribution in [0.3, 0.4) is 0 Å². The Hall–Kier alpha value is -3.09. The van der Waals surface area contributed by atoms with Crippen molar-refractivity contribution >= 4 is 32.7 Å². The van der Waals surface area contributed by atoms with Crippen LogP contribution in [0.5, 0.6) is 0 Å². The molecule has 0 radical (unpaired) electrons. The van der Waals surface area contributed by atoms with Crippen molar-refractivity contribution in [3.05, 3.63) is 42.6 Å². The van der Waals surface area contributed by atoms with E-state index in [1.54, 1.807) is 34.2 Å². The fourth-order valence-electron chi connectivity index (χ4n) is 5.47. The van der Waals surface area contributed by atoms with Crippen molar-refractivity contribution in [2.45, 2.75) is 42.7 Å². The van der Waals surface area contributed by atoms with Crippen LogP contribution >= 0.6 is 0 Å². The van der Waals surface area contributed by atoms with Crippen LogP contribution < -0.4 is 4.90 Å². The highest BCUT2D eigenvalue weighted by molar-refractivity contribution is 7.89. The third kappa shape index (κ3) is 4.44. The van der Waals surface area contributed by atoms with Gasteiger partial charge in [-0.15, -0.1) is 0 Å². The van der Waals surface area contributed by atoms with Crippen molar-refractivity contribution in [1.82, 2.24) is 19.2 Å². The van der Waals surface area contributed by atoms with Gasteiger partial charge in [0.1, 0.15) is 6.04 Å². The Labute approximate surface area is 219 Å². The van der Waals surface area contributed by atoms with Gasteiger partial charge in [0.25, 0.3) is 5.92 Å². The summed E-state index contributed by atoms with van der Waals surface area (Å²) < 4.78 is 62.4. The van der Waals surface area contributed by atoms with Gasteiger partial charge in [-0.2, -0.15) is 4.31 Å². The molecule has 1 aromatic carbocycles. The van der Waals surface area contributed by atoms with Gasteiger partial charge in [-0.3, -0.25) is 9.78 Å². The molecule has 6 rings (SSSR count). The minimum absolute atomic E-state index is 0.0154. The second-order valence-corrected chi connectivity index (χ2v) is 12.1. The first-order chi connectivity index (χ1) is 18.1. The Morgan fingerprint density at radius 3 is 2.71 bits per heavy atom. The summed E-state index contributed by atoms with van der Waals surface area (Å²) in [5.41, 5.74) is 3.03. The van der Waals surface area contributed by atoms with Crippen LogP contribution in [-0.2, 0) is 19.6 Å². The van der Waals surface area contributed by atoms with Crippen LogP contribution in [0.15, 0.2) is 47.5 Å². The van der Waals surface area contributed by atoms with Crippen molar-refractivity contribution in [2.24, 2.45) is 0 Å². The van der Waals surface area contributed by atoms with Crippen LogP contribution in [0.1, 0.15) is 19.8 Å². The van der Waals surface area contributed by atoms with Crippen LogP contribution in [0.2, 0.25) is 0 Å². The number of amides is 1. The number of anilines is 1. The van der Waals surface area contributed by atoms with E-state index in [9.17, 15) is 22.0 Å². The number of aromatic nitrogens is 2. The summed E-state index contributed by atoms with van der Waals surface area (Å²) in [6, 6.07) is 9.20. The predicted octanol–water partition coefficient (Wildman–Crippen LogP) is 3.09. The second kappa shape index (κ2) is 9.28. The maximum absolute atomic E-state index is 14.1. The highest BCUT2D eigenvalue weighted by atomic mass is 32.2. The zero-order valence-corrected chi connectivity index (χ0v) is 21.8. The zero-order chi connectivity index (χ0) is 26.7. The first kappa shape index (κ1) is 25.2. The van der Waals surface area contributed by atoms with Crippen molar-refractivity contribution in [3.8, 4) is 11.3 Å².